The van der Waals surface area contributed by atoms with Crippen LogP contribution in [0.4, 0.5) is 5.82 Å². The predicted molar refractivity (Wildman–Crippen MR) is 61.7 cm³/mol. The number of nitrogens with one attached hydrogen (secondary N) is 1. The highest BCUT2D eigenvalue weighted by Crippen LogP contribution is 2.27. The largest absolute Gasteiger partial charge is 0.436 e. The van der Waals surface area contributed by atoms with Crippen molar-refractivity contribution in [3.63, 3.8) is 0 Å². The zero-order chi connectivity index (χ0) is 11.5. The second-order valence-electron chi connectivity index (χ2n) is 3.21. The molecule has 6 heteroatoms. The van der Waals surface area contributed by atoms with Crippen LogP contribution in [0, 0.1) is 13.8 Å². The Bertz CT molecular complexity index is 478. The second-order valence-corrected chi connectivity index (χ2v) is 4.19. The highest BCUT2D eigenvalue weighted by Gasteiger charge is 2.08. The van der Waals surface area contributed by atoms with Gasteiger partial charge in [0.05, 0.1) is 5.69 Å². The molecule has 0 aliphatic heterocycles. The molecular weight excluding hydrogens is 224 g/mol. The van der Waals surface area contributed by atoms with Crippen molar-refractivity contribution in [3.05, 3.63) is 23.8 Å². The molecule has 0 saturated carbocycles. The fraction of sp³-hybridized carbons (Fsp3) is 0.300. The van der Waals surface area contributed by atoms with Gasteiger partial charge in [-0.25, -0.2) is 15.0 Å². The molecule has 0 fully saturated rings. The van der Waals surface area contributed by atoms with E-state index < -0.39 is 0 Å². The standard InChI is InChI=1S/C10H12N4OS/c1-6-7(2)15-10(14-6)16-9-4-8(11-3)12-5-13-9/h4-5H,1-3H3,(H,11,12,13). The third-order valence-electron chi connectivity index (χ3n) is 2.10. The van der Waals surface area contributed by atoms with Crippen LogP contribution in [-0.2, 0) is 0 Å². The van der Waals surface area contributed by atoms with Crippen molar-refractivity contribution in [2.45, 2.75) is 24.1 Å². The number of hydrogen-bond donors (Lipinski definition) is 1. The van der Waals surface area contributed by atoms with Gasteiger partial charge in [0.2, 0.25) is 0 Å². The molecule has 16 heavy (non-hydrogen) atoms. The molecule has 0 bridgehead atoms. The van der Waals surface area contributed by atoms with Gasteiger partial charge in [-0.3, -0.25) is 0 Å². The molecule has 2 aromatic heterocycles. The summed E-state index contributed by atoms with van der Waals surface area (Å²) in [7, 11) is 1.82. The molecule has 0 saturated heterocycles. The Morgan fingerprint density at radius 1 is 1.31 bits per heavy atom. The third kappa shape index (κ3) is 2.33. The lowest BCUT2D eigenvalue weighted by Crippen LogP contribution is -1.93. The Labute approximate surface area is 97.7 Å². The van der Waals surface area contributed by atoms with Crippen LogP contribution >= 0.6 is 11.8 Å². The zero-order valence-corrected chi connectivity index (χ0v) is 10.1. The van der Waals surface area contributed by atoms with E-state index in [0.29, 0.717) is 5.22 Å². The van der Waals surface area contributed by atoms with Crippen molar-refractivity contribution in [3.8, 4) is 0 Å². The summed E-state index contributed by atoms with van der Waals surface area (Å²) in [5.41, 5.74) is 0.908. The number of nitrogens with zero attached hydrogens (tertiary/aromatic N) is 3. The predicted octanol–water partition coefficient (Wildman–Crippen LogP) is 2.27. The quantitative estimate of drug-likeness (QED) is 0.825. The average Bonchev–Trinajstić information content (AvgIpc) is 2.58. The minimum Gasteiger partial charge on any atom is -0.436 e. The summed E-state index contributed by atoms with van der Waals surface area (Å²) in [6, 6.07) is 1.85. The minimum atomic E-state index is 0.607. The first kappa shape index (κ1) is 10.9. The smallest absolute Gasteiger partial charge is 0.262 e. The summed E-state index contributed by atoms with van der Waals surface area (Å²) >= 11 is 1.38. The molecule has 84 valence electrons. The first-order chi connectivity index (χ1) is 7.69. The Morgan fingerprint density at radius 2 is 2.12 bits per heavy atom. The molecule has 0 aliphatic carbocycles. The molecule has 0 atom stereocenters. The van der Waals surface area contributed by atoms with Gasteiger partial charge in [-0.05, 0) is 25.6 Å². The van der Waals surface area contributed by atoms with Gasteiger partial charge in [0, 0.05) is 13.1 Å². The number of oxazole rings is 1. The molecule has 5 nitrogen and oxygen atoms in total. The lowest BCUT2D eigenvalue weighted by atomic mass is 10.4. The van der Waals surface area contributed by atoms with Crippen LogP contribution in [0.1, 0.15) is 11.5 Å². The van der Waals surface area contributed by atoms with Crippen LogP contribution in [0.2, 0.25) is 0 Å². The summed E-state index contributed by atoms with van der Waals surface area (Å²) in [5, 5.41) is 4.37. The van der Waals surface area contributed by atoms with Crippen molar-refractivity contribution in [1.82, 2.24) is 15.0 Å². The van der Waals surface area contributed by atoms with Crippen LogP contribution in [0.25, 0.3) is 0 Å². The van der Waals surface area contributed by atoms with Crippen LogP contribution in [0.5, 0.6) is 0 Å². The van der Waals surface area contributed by atoms with Gasteiger partial charge in [-0.2, -0.15) is 0 Å². The highest BCUT2D eigenvalue weighted by molar-refractivity contribution is 7.99. The Hall–Kier alpha value is -1.56. The van der Waals surface area contributed by atoms with Crippen LogP contribution < -0.4 is 5.32 Å². The third-order valence-corrected chi connectivity index (χ3v) is 2.88. The van der Waals surface area contributed by atoms with Crippen LogP contribution in [-0.4, -0.2) is 22.0 Å². The van der Waals surface area contributed by atoms with Gasteiger partial charge >= 0.3 is 0 Å². The Morgan fingerprint density at radius 3 is 2.75 bits per heavy atom. The van der Waals surface area contributed by atoms with Crippen molar-refractivity contribution in [2.24, 2.45) is 0 Å². The van der Waals surface area contributed by atoms with E-state index >= 15 is 0 Å². The second kappa shape index (κ2) is 4.52. The van der Waals surface area contributed by atoms with Crippen molar-refractivity contribution in [1.29, 1.82) is 0 Å². The topological polar surface area (TPSA) is 63.8 Å². The fourth-order valence-electron chi connectivity index (χ4n) is 1.11. The maximum Gasteiger partial charge on any atom is 0.262 e. The van der Waals surface area contributed by atoms with Gasteiger partial charge in [-0.1, -0.05) is 0 Å². The van der Waals surface area contributed by atoms with E-state index in [1.807, 2.05) is 27.0 Å². The first-order valence-electron chi connectivity index (χ1n) is 4.80. The van der Waals surface area contributed by atoms with Crippen molar-refractivity contribution < 1.29 is 4.42 Å². The molecule has 1 N–H and O–H groups in total. The SMILES string of the molecule is CNc1cc(Sc2nc(C)c(C)o2)ncn1. The van der Waals surface area contributed by atoms with Crippen molar-refractivity contribution in [2.75, 3.05) is 12.4 Å². The van der Waals surface area contributed by atoms with Gasteiger partial charge < -0.3 is 9.73 Å². The molecule has 2 aromatic rings. The monoisotopic (exact) mass is 236 g/mol. The van der Waals surface area contributed by atoms with Gasteiger partial charge in [0.25, 0.3) is 5.22 Å². The molecular formula is C10H12N4OS. The summed E-state index contributed by atoms with van der Waals surface area (Å²) in [5.74, 6) is 1.61. The number of hydrogen-bond acceptors (Lipinski definition) is 6. The average molecular weight is 236 g/mol. The van der Waals surface area contributed by atoms with Crippen molar-refractivity contribution >= 4 is 17.6 Å². The molecule has 2 rings (SSSR count). The number of aryl methyl sites for hydroxylation is 2. The van der Waals surface area contributed by atoms with Gasteiger partial charge in [0.15, 0.2) is 0 Å². The van der Waals surface area contributed by atoms with Gasteiger partial charge in [0.1, 0.15) is 22.9 Å². The first-order valence-corrected chi connectivity index (χ1v) is 5.62. The zero-order valence-electron chi connectivity index (χ0n) is 9.31. The van der Waals surface area contributed by atoms with E-state index in [0.717, 1.165) is 22.3 Å². The normalized spacial score (nSPS) is 10.4. The molecule has 0 aliphatic rings. The molecule has 2 heterocycles. The molecule has 0 aromatic carbocycles. The van der Waals surface area contributed by atoms with E-state index in [1.165, 1.54) is 18.1 Å². The minimum absolute atomic E-state index is 0.607. The Kier molecular flexibility index (Phi) is 3.09. The summed E-state index contributed by atoms with van der Waals surface area (Å²) in [4.78, 5) is 12.4. The maximum atomic E-state index is 5.46. The van der Waals surface area contributed by atoms with Gasteiger partial charge in [-0.15, -0.1) is 0 Å². The fourth-order valence-corrected chi connectivity index (χ4v) is 1.91. The maximum absolute atomic E-state index is 5.46. The van der Waals surface area contributed by atoms with Crippen LogP contribution in [0.15, 0.2) is 27.1 Å². The lowest BCUT2D eigenvalue weighted by molar-refractivity contribution is 0.431. The lowest BCUT2D eigenvalue weighted by Gasteiger charge is -1.99. The molecule has 0 spiro atoms. The van der Waals surface area contributed by atoms with E-state index in [2.05, 4.69) is 20.3 Å². The Balaban J connectivity index is 2.20. The molecule has 0 unspecified atom stereocenters. The highest BCUT2D eigenvalue weighted by atomic mass is 32.2. The summed E-state index contributed by atoms with van der Waals surface area (Å²) < 4.78 is 5.46. The van der Waals surface area contributed by atoms with E-state index in [1.54, 1.807) is 0 Å². The molecule has 0 radical (unpaired) electrons. The van der Waals surface area contributed by atoms with E-state index in [-0.39, 0.29) is 0 Å². The van der Waals surface area contributed by atoms with E-state index in [4.69, 9.17) is 4.42 Å². The van der Waals surface area contributed by atoms with Crippen LogP contribution in [0.3, 0.4) is 0 Å². The molecule has 0 amide bonds. The summed E-state index contributed by atoms with van der Waals surface area (Å²) in [6.07, 6.45) is 1.51. The number of rotatable bonds is 3. The summed E-state index contributed by atoms with van der Waals surface area (Å²) in [6.45, 7) is 3.81. The number of aromatic nitrogens is 3. The number of anilines is 1. The van der Waals surface area contributed by atoms with E-state index in [9.17, 15) is 0 Å².